The fourth-order valence-electron chi connectivity index (χ4n) is 1.67. The lowest BCUT2D eigenvalue weighted by atomic mass is 10.1. The minimum atomic E-state index is -4.70. The Balaban J connectivity index is 2.28. The molecule has 0 saturated carbocycles. The van der Waals surface area contributed by atoms with Crippen LogP contribution in [0.1, 0.15) is 12.6 Å². The minimum absolute atomic E-state index is 0.134. The average Bonchev–Trinajstić information content (AvgIpc) is 2.37. The van der Waals surface area contributed by atoms with Crippen molar-refractivity contribution in [1.82, 2.24) is 9.97 Å². The van der Waals surface area contributed by atoms with Crippen LogP contribution in [-0.4, -0.2) is 16.3 Å². The molecule has 1 heterocycles. The Labute approximate surface area is 113 Å². The van der Waals surface area contributed by atoms with Crippen LogP contribution in [0.15, 0.2) is 30.3 Å². The van der Waals surface area contributed by atoms with Crippen LogP contribution in [0.25, 0.3) is 11.3 Å². The van der Waals surface area contributed by atoms with Crippen LogP contribution in [0, 0.1) is 0 Å². The molecule has 0 aliphatic rings. The number of anilines is 1. The Morgan fingerprint density at radius 3 is 2.35 bits per heavy atom. The molecule has 0 fully saturated rings. The molecular formula is C13H12F3N3O. The smallest absolute Gasteiger partial charge is 0.406 e. The number of hydrogen-bond acceptors (Lipinski definition) is 4. The number of alkyl halides is 3. The molecule has 1 aromatic carbocycles. The van der Waals surface area contributed by atoms with E-state index < -0.39 is 6.36 Å². The van der Waals surface area contributed by atoms with Crippen molar-refractivity contribution in [1.29, 1.82) is 0 Å². The molecule has 106 valence electrons. The van der Waals surface area contributed by atoms with Crippen molar-refractivity contribution in [2.45, 2.75) is 19.7 Å². The lowest BCUT2D eigenvalue weighted by molar-refractivity contribution is -0.274. The number of halogens is 3. The number of nitrogens with zero attached hydrogens (tertiary/aromatic N) is 2. The normalized spacial score (nSPS) is 11.4. The lowest BCUT2D eigenvalue weighted by Crippen LogP contribution is -2.16. The van der Waals surface area contributed by atoms with Crippen LogP contribution >= 0.6 is 0 Å². The zero-order chi connectivity index (χ0) is 14.8. The molecule has 2 aromatic rings. The summed E-state index contributed by atoms with van der Waals surface area (Å²) < 4.78 is 40.0. The molecule has 4 nitrogen and oxygen atoms in total. The Morgan fingerprint density at radius 1 is 1.15 bits per heavy atom. The number of rotatable bonds is 3. The molecule has 0 aliphatic carbocycles. The molecule has 0 aliphatic heterocycles. The van der Waals surface area contributed by atoms with Crippen molar-refractivity contribution in [3.05, 3.63) is 36.0 Å². The van der Waals surface area contributed by atoms with Gasteiger partial charge in [0.1, 0.15) is 5.75 Å². The van der Waals surface area contributed by atoms with Crippen molar-refractivity contribution in [2.75, 3.05) is 5.73 Å². The molecule has 0 atom stereocenters. The van der Waals surface area contributed by atoms with Gasteiger partial charge in [0.25, 0.3) is 0 Å². The number of aromatic nitrogens is 2. The quantitative estimate of drug-likeness (QED) is 0.939. The fraction of sp³-hybridized carbons (Fsp3) is 0.231. The van der Waals surface area contributed by atoms with Gasteiger partial charge in [0.2, 0.25) is 5.95 Å². The van der Waals surface area contributed by atoms with Crippen LogP contribution < -0.4 is 10.5 Å². The molecule has 0 radical (unpaired) electrons. The van der Waals surface area contributed by atoms with Gasteiger partial charge in [0.05, 0.1) is 5.69 Å². The van der Waals surface area contributed by atoms with E-state index in [4.69, 9.17) is 5.73 Å². The Bertz CT molecular complexity index is 597. The summed E-state index contributed by atoms with van der Waals surface area (Å²) in [5.74, 6) is -0.144. The second kappa shape index (κ2) is 5.36. The third-order valence-electron chi connectivity index (χ3n) is 2.54. The summed E-state index contributed by atoms with van der Waals surface area (Å²) >= 11 is 0. The van der Waals surface area contributed by atoms with Gasteiger partial charge in [-0.3, -0.25) is 0 Å². The number of ether oxygens (including phenoxy) is 1. The first-order valence-electron chi connectivity index (χ1n) is 5.87. The van der Waals surface area contributed by atoms with E-state index in [0.717, 1.165) is 5.69 Å². The van der Waals surface area contributed by atoms with E-state index in [9.17, 15) is 13.2 Å². The van der Waals surface area contributed by atoms with Crippen molar-refractivity contribution < 1.29 is 17.9 Å². The van der Waals surface area contributed by atoms with Gasteiger partial charge in [0.15, 0.2) is 0 Å². The molecular weight excluding hydrogens is 271 g/mol. The zero-order valence-corrected chi connectivity index (χ0v) is 10.6. The predicted octanol–water partition coefficient (Wildman–Crippen LogP) is 3.19. The van der Waals surface area contributed by atoms with Gasteiger partial charge in [-0.25, -0.2) is 9.97 Å². The van der Waals surface area contributed by atoms with Crippen LogP contribution in [-0.2, 0) is 6.42 Å². The predicted molar refractivity (Wildman–Crippen MR) is 67.9 cm³/mol. The maximum atomic E-state index is 12.1. The van der Waals surface area contributed by atoms with Crippen LogP contribution in [0.4, 0.5) is 19.1 Å². The Hall–Kier alpha value is -2.31. The molecule has 0 spiro atoms. The Morgan fingerprint density at radius 2 is 1.80 bits per heavy atom. The second-order valence-electron chi connectivity index (χ2n) is 4.03. The molecule has 1 aromatic heterocycles. The van der Waals surface area contributed by atoms with E-state index in [1.807, 2.05) is 6.92 Å². The minimum Gasteiger partial charge on any atom is -0.406 e. The first-order chi connectivity index (χ1) is 9.37. The molecule has 0 unspecified atom stereocenters. The number of benzene rings is 1. The van der Waals surface area contributed by atoms with Gasteiger partial charge in [-0.15, -0.1) is 13.2 Å². The van der Waals surface area contributed by atoms with E-state index in [0.29, 0.717) is 17.7 Å². The van der Waals surface area contributed by atoms with Gasteiger partial charge in [0, 0.05) is 11.3 Å². The van der Waals surface area contributed by atoms with E-state index in [1.54, 1.807) is 6.07 Å². The monoisotopic (exact) mass is 283 g/mol. The van der Waals surface area contributed by atoms with E-state index in [1.165, 1.54) is 24.3 Å². The zero-order valence-electron chi connectivity index (χ0n) is 10.6. The highest BCUT2D eigenvalue weighted by molar-refractivity contribution is 5.61. The molecule has 20 heavy (non-hydrogen) atoms. The number of aryl methyl sites for hydroxylation is 1. The highest BCUT2D eigenvalue weighted by atomic mass is 19.4. The summed E-state index contributed by atoms with van der Waals surface area (Å²) in [4.78, 5) is 8.10. The molecule has 0 amide bonds. The third-order valence-corrected chi connectivity index (χ3v) is 2.54. The summed E-state index contributed by atoms with van der Waals surface area (Å²) in [7, 11) is 0. The summed E-state index contributed by atoms with van der Waals surface area (Å²) in [5.41, 5.74) is 7.56. The van der Waals surface area contributed by atoms with Gasteiger partial charge in [-0.05, 0) is 36.8 Å². The maximum Gasteiger partial charge on any atom is 0.573 e. The summed E-state index contributed by atoms with van der Waals surface area (Å²) in [6, 6.07) is 7.18. The number of nitrogen functional groups attached to an aromatic ring is 1. The van der Waals surface area contributed by atoms with Gasteiger partial charge >= 0.3 is 6.36 Å². The number of hydrogen-bond donors (Lipinski definition) is 1. The van der Waals surface area contributed by atoms with Crippen molar-refractivity contribution in [3.8, 4) is 17.0 Å². The van der Waals surface area contributed by atoms with Gasteiger partial charge < -0.3 is 10.5 Å². The second-order valence-corrected chi connectivity index (χ2v) is 4.03. The van der Waals surface area contributed by atoms with Gasteiger partial charge in [-0.1, -0.05) is 6.92 Å². The molecule has 2 rings (SSSR count). The summed E-state index contributed by atoms with van der Waals surface area (Å²) in [6.45, 7) is 1.92. The molecule has 7 heteroatoms. The van der Waals surface area contributed by atoms with Crippen LogP contribution in [0.2, 0.25) is 0 Å². The third kappa shape index (κ3) is 3.59. The van der Waals surface area contributed by atoms with E-state index in [2.05, 4.69) is 14.7 Å². The van der Waals surface area contributed by atoms with E-state index >= 15 is 0 Å². The highest BCUT2D eigenvalue weighted by Gasteiger charge is 2.30. The Kier molecular flexibility index (Phi) is 3.78. The molecule has 2 N–H and O–H groups in total. The SMILES string of the molecule is CCc1cc(-c2ccc(OC(F)(F)F)cc2)nc(N)n1. The fourth-order valence-corrected chi connectivity index (χ4v) is 1.67. The van der Waals surface area contributed by atoms with Crippen LogP contribution in [0.3, 0.4) is 0 Å². The highest BCUT2D eigenvalue weighted by Crippen LogP contribution is 2.26. The largest absolute Gasteiger partial charge is 0.573 e. The maximum absolute atomic E-state index is 12.1. The number of nitrogens with two attached hydrogens (primary N) is 1. The molecule has 0 bridgehead atoms. The average molecular weight is 283 g/mol. The van der Waals surface area contributed by atoms with E-state index in [-0.39, 0.29) is 11.7 Å². The van der Waals surface area contributed by atoms with Gasteiger partial charge in [-0.2, -0.15) is 0 Å². The van der Waals surface area contributed by atoms with Crippen molar-refractivity contribution >= 4 is 5.95 Å². The first kappa shape index (κ1) is 14.1. The standard InChI is InChI=1S/C13H12F3N3O/c1-2-9-7-11(19-12(17)18-9)8-3-5-10(6-4-8)20-13(14,15)16/h3-7H,2H2,1H3,(H2,17,18,19). The molecule has 0 saturated heterocycles. The summed E-state index contributed by atoms with van der Waals surface area (Å²) in [6.07, 6.45) is -4.01. The van der Waals surface area contributed by atoms with Crippen molar-refractivity contribution in [2.24, 2.45) is 0 Å². The lowest BCUT2D eigenvalue weighted by Gasteiger charge is -2.09. The topological polar surface area (TPSA) is 61.0 Å². The van der Waals surface area contributed by atoms with Crippen molar-refractivity contribution in [3.63, 3.8) is 0 Å². The first-order valence-corrected chi connectivity index (χ1v) is 5.87. The van der Waals surface area contributed by atoms with Crippen LogP contribution in [0.5, 0.6) is 5.75 Å². The summed E-state index contributed by atoms with van der Waals surface area (Å²) in [5, 5.41) is 0.